The second-order valence-corrected chi connectivity index (χ2v) is 2.32. The zero-order valence-corrected chi connectivity index (χ0v) is 7.02. The summed E-state index contributed by atoms with van der Waals surface area (Å²) in [6, 6.07) is 0. The van der Waals surface area contributed by atoms with Crippen molar-refractivity contribution in [3.8, 4) is 0 Å². The Balaban J connectivity index is 3.09. The zero-order valence-electron chi connectivity index (χ0n) is 7.02. The maximum atomic E-state index is 10.9. The molecule has 0 radical (unpaired) electrons. The van der Waals surface area contributed by atoms with Gasteiger partial charge in [-0.15, -0.1) is 0 Å². The van der Waals surface area contributed by atoms with Gasteiger partial charge in [0.1, 0.15) is 0 Å². The first kappa shape index (κ1) is 10.4. The highest BCUT2D eigenvalue weighted by Crippen LogP contribution is 1.69. The fourth-order valence-electron chi connectivity index (χ4n) is 0.631. The van der Waals surface area contributed by atoms with Crippen LogP contribution in [0.15, 0.2) is 0 Å². The van der Waals surface area contributed by atoms with Crippen LogP contribution in [0.4, 0.5) is 0 Å². The van der Waals surface area contributed by atoms with Gasteiger partial charge in [0, 0.05) is 19.6 Å². The molecule has 0 aromatic heterocycles. The molecular weight excluding hydrogens is 142 g/mol. The van der Waals surface area contributed by atoms with Gasteiger partial charge < -0.3 is 16.4 Å². The molecule has 0 fully saturated rings. The summed E-state index contributed by atoms with van der Waals surface area (Å²) in [5.74, 6) is 0.0419. The minimum atomic E-state index is 0.0419. The molecule has 4 N–H and O–H groups in total. The fourth-order valence-corrected chi connectivity index (χ4v) is 0.631. The smallest absolute Gasteiger partial charge is 0.233 e. The van der Waals surface area contributed by atoms with E-state index in [0.717, 1.165) is 13.0 Å². The molecular formula is C7H17N3O. The fraction of sp³-hybridized carbons (Fsp3) is 0.857. The van der Waals surface area contributed by atoms with Crippen LogP contribution in [0, 0.1) is 0 Å². The highest BCUT2D eigenvalue weighted by atomic mass is 16.1. The summed E-state index contributed by atoms with van der Waals surface area (Å²) in [6.45, 7) is 4.41. The minimum absolute atomic E-state index is 0.0419. The second-order valence-electron chi connectivity index (χ2n) is 2.32. The third-order valence-corrected chi connectivity index (χ3v) is 1.18. The number of carbonyl (C=O) groups excluding carboxylic acids is 1. The molecule has 0 heterocycles. The van der Waals surface area contributed by atoms with E-state index in [-0.39, 0.29) is 5.91 Å². The molecule has 0 aliphatic rings. The lowest BCUT2D eigenvalue weighted by atomic mass is 10.4. The maximum Gasteiger partial charge on any atom is 0.233 e. The third kappa shape index (κ3) is 7.29. The first-order valence-corrected chi connectivity index (χ1v) is 3.98. The Bertz CT molecular complexity index is 106. The number of amides is 1. The molecule has 1 amide bonds. The largest absolute Gasteiger partial charge is 0.355 e. The molecule has 0 aliphatic carbocycles. The van der Waals surface area contributed by atoms with Crippen molar-refractivity contribution in [1.82, 2.24) is 10.6 Å². The standard InChI is InChI=1S/C7H17N3O/c1-2-4-10-7(11)6-9-5-3-8/h9H,2-6,8H2,1H3,(H,10,11). The third-order valence-electron chi connectivity index (χ3n) is 1.18. The molecule has 0 saturated heterocycles. The van der Waals surface area contributed by atoms with Crippen molar-refractivity contribution in [1.29, 1.82) is 0 Å². The number of nitrogens with one attached hydrogen (secondary N) is 2. The van der Waals surface area contributed by atoms with Gasteiger partial charge >= 0.3 is 0 Å². The molecule has 11 heavy (non-hydrogen) atoms. The van der Waals surface area contributed by atoms with Crippen LogP contribution in [0.2, 0.25) is 0 Å². The van der Waals surface area contributed by atoms with E-state index in [1.807, 2.05) is 6.92 Å². The van der Waals surface area contributed by atoms with Crippen molar-refractivity contribution < 1.29 is 4.79 Å². The number of rotatable bonds is 6. The van der Waals surface area contributed by atoms with Crippen LogP contribution in [0.3, 0.4) is 0 Å². The zero-order chi connectivity index (χ0) is 8.53. The van der Waals surface area contributed by atoms with Gasteiger partial charge in [-0.25, -0.2) is 0 Å². The van der Waals surface area contributed by atoms with E-state index in [9.17, 15) is 4.79 Å². The Morgan fingerprint density at radius 1 is 1.45 bits per heavy atom. The molecule has 0 bridgehead atoms. The SMILES string of the molecule is CCCNC(=O)CNCCN. The molecule has 0 aromatic rings. The molecule has 0 rings (SSSR count). The van der Waals surface area contributed by atoms with E-state index in [2.05, 4.69) is 10.6 Å². The molecule has 0 aliphatic heterocycles. The molecule has 0 atom stereocenters. The topological polar surface area (TPSA) is 67.2 Å². The highest BCUT2D eigenvalue weighted by Gasteiger charge is 1.96. The van der Waals surface area contributed by atoms with Crippen LogP contribution in [0.5, 0.6) is 0 Å². The van der Waals surface area contributed by atoms with E-state index in [4.69, 9.17) is 5.73 Å². The number of hydrogen-bond donors (Lipinski definition) is 3. The first-order chi connectivity index (χ1) is 5.31. The van der Waals surface area contributed by atoms with E-state index < -0.39 is 0 Å². The lowest BCUT2D eigenvalue weighted by Gasteiger charge is -2.03. The Morgan fingerprint density at radius 2 is 2.18 bits per heavy atom. The van der Waals surface area contributed by atoms with Crippen LogP contribution in [0.1, 0.15) is 13.3 Å². The monoisotopic (exact) mass is 159 g/mol. The van der Waals surface area contributed by atoms with Gasteiger partial charge in [0.2, 0.25) is 5.91 Å². The predicted molar refractivity (Wildman–Crippen MR) is 45.2 cm³/mol. The summed E-state index contributed by atoms with van der Waals surface area (Å²) in [5, 5.41) is 5.66. The van der Waals surface area contributed by atoms with Crippen molar-refractivity contribution in [2.24, 2.45) is 5.73 Å². The van der Waals surface area contributed by atoms with Crippen molar-refractivity contribution in [3.05, 3.63) is 0 Å². The lowest BCUT2D eigenvalue weighted by molar-refractivity contribution is -0.120. The number of hydrogen-bond acceptors (Lipinski definition) is 3. The molecule has 4 heteroatoms. The first-order valence-electron chi connectivity index (χ1n) is 3.98. The van der Waals surface area contributed by atoms with Gasteiger partial charge in [-0.1, -0.05) is 6.92 Å². The normalized spacial score (nSPS) is 9.64. The maximum absolute atomic E-state index is 10.9. The van der Waals surface area contributed by atoms with Crippen LogP contribution in [-0.2, 0) is 4.79 Å². The molecule has 0 spiro atoms. The molecule has 66 valence electrons. The van der Waals surface area contributed by atoms with Gasteiger partial charge in [0.15, 0.2) is 0 Å². The Hall–Kier alpha value is -0.610. The summed E-state index contributed by atoms with van der Waals surface area (Å²) in [7, 11) is 0. The minimum Gasteiger partial charge on any atom is -0.355 e. The summed E-state index contributed by atoms with van der Waals surface area (Å²) >= 11 is 0. The lowest BCUT2D eigenvalue weighted by Crippen LogP contribution is -2.36. The van der Waals surface area contributed by atoms with E-state index in [0.29, 0.717) is 19.6 Å². The predicted octanol–water partition coefficient (Wildman–Crippen LogP) is -0.939. The quantitative estimate of drug-likeness (QED) is 0.438. The van der Waals surface area contributed by atoms with Crippen molar-refractivity contribution in [2.75, 3.05) is 26.2 Å². The molecule has 4 nitrogen and oxygen atoms in total. The van der Waals surface area contributed by atoms with Crippen molar-refractivity contribution in [2.45, 2.75) is 13.3 Å². The van der Waals surface area contributed by atoms with Gasteiger partial charge in [0.05, 0.1) is 6.54 Å². The second kappa shape index (κ2) is 7.50. The summed E-state index contributed by atoms with van der Waals surface area (Å²) in [5.41, 5.74) is 5.22. The summed E-state index contributed by atoms with van der Waals surface area (Å²) in [4.78, 5) is 10.9. The summed E-state index contributed by atoms with van der Waals surface area (Å²) in [6.07, 6.45) is 0.975. The molecule has 0 saturated carbocycles. The van der Waals surface area contributed by atoms with Gasteiger partial charge in [-0.05, 0) is 6.42 Å². The van der Waals surface area contributed by atoms with Crippen molar-refractivity contribution in [3.63, 3.8) is 0 Å². The average Bonchev–Trinajstić information content (AvgIpc) is 2.01. The number of carbonyl (C=O) groups is 1. The molecule has 0 unspecified atom stereocenters. The number of nitrogens with two attached hydrogens (primary N) is 1. The Labute approximate surface area is 67.5 Å². The van der Waals surface area contributed by atoms with Crippen LogP contribution in [-0.4, -0.2) is 32.1 Å². The van der Waals surface area contributed by atoms with E-state index >= 15 is 0 Å². The molecule has 0 aromatic carbocycles. The van der Waals surface area contributed by atoms with Crippen LogP contribution >= 0.6 is 0 Å². The van der Waals surface area contributed by atoms with E-state index in [1.54, 1.807) is 0 Å². The Morgan fingerprint density at radius 3 is 2.73 bits per heavy atom. The van der Waals surface area contributed by atoms with Crippen molar-refractivity contribution >= 4 is 5.91 Å². The Kier molecular flexibility index (Phi) is 7.08. The van der Waals surface area contributed by atoms with Gasteiger partial charge in [-0.2, -0.15) is 0 Å². The van der Waals surface area contributed by atoms with Crippen LogP contribution in [0.25, 0.3) is 0 Å². The van der Waals surface area contributed by atoms with Gasteiger partial charge in [0.25, 0.3) is 0 Å². The van der Waals surface area contributed by atoms with E-state index in [1.165, 1.54) is 0 Å². The highest BCUT2D eigenvalue weighted by molar-refractivity contribution is 5.77. The average molecular weight is 159 g/mol. The van der Waals surface area contributed by atoms with Gasteiger partial charge in [-0.3, -0.25) is 4.79 Å². The summed E-state index contributed by atoms with van der Waals surface area (Å²) < 4.78 is 0. The van der Waals surface area contributed by atoms with Crippen LogP contribution < -0.4 is 16.4 Å².